The largest absolute Gasteiger partial charge is 0.489 e. The molecule has 0 saturated heterocycles. The predicted molar refractivity (Wildman–Crippen MR) is 121 cm³/mol. The molecule has 0 fully saturated rings. The molecule has 0 unspecified atom stereocenters. The Morgan fingerprint density at radius 2 is 1.72 bits per heavy atom. The molecule has 4 rings (SSSR count). The summed E-state index contributed by atoms with van der Waals surface area (Å²) in [6, 6.07) is 25.5. The van der Waals surface area contributed by atoms with Crippen LogP contribution < -0.4 is 10.2 Å². The van der Waals surface area contributed by atoms with Crippen LogP contribution in [-0.4, -0.2) is 11.2 Å². The van der Waals surface area contributed by atoms with Crippen molar-refractivity contribution >= 4 is 34.3 Å². The third-order valence-corrected chi connectivity index (χ3v) is 5.15. The second kappa shape index (κ2) is 9.37. The molecule has 0 aliphatic carbocycles. The molecule has 0 aliphatic rings. The fraction of sp³-hybridized carbons (Fsp3) is 0.0435. The van der Waals surface area contributed by atoms with E-state index in [1.54, 1.807) is 6.21 Å². The van der Waals surface area contributed by atoms with Gasteiger partial charge in [-0.3, -0.25) is 5.43 Å². The highest BCUT2D eigenvalue weighted by Gasteiger charge is 2.03. The van der Waals surface area contributed by atoms with Crippen LogP contribution in [0.25, 0.3) is 11.3 Å². The Morgan fingerprint density at radius 3 is 2.48 bits per heavy atom. The van der Waals surface area contributed by atoms with Gasteiger partial charge >= 0.3 is 0 Å². The van der Waals surface area contributed by atoms with Crippen LogP contribution in [0.3, 0.4) is 0 Å². The molecule has 1 N–H and O–H groups in total. The minimum absolute atomic E-state index is 0.551. The van der Waals surface area contributed by atoms with Gasteiger partial charge in [0, 0.05) is 16.0 Å². The van der Waals surface area contributed by atoms with Crippen molar-refractivity contribution in [1.82, 2.24) is 4.98 Å². The highest BCUT2D eigenvalue weighted by Crippen LogP contribution is 2.26. The first-order valence-corrected chi connectivity index (χ1v) is 10.3. The van der Waals surface area contributed by atoms with Gasteiger partial charge in [-0.1, -0.05) is 54.1 Å². The van der Waals surface area contributed by atoms with Crippen LogP contribution in [0.5, 0.6) is 5.75 Å². The molecule has 4 nitrogen and oxygen atoms in total. The van der Waals surface area contributed by atoms with Gasteiger partial charge < -0.3 is 4.74 Å². The Kier molecular flexibility index (Phi) is 6.19. The summed E-state index contributed by atoms with van der Waals surface area (Å²) in [4.78, 5) is 4.54. The van der Waals surface area contributed by atoms with Crippen molar-refractivity contribution in [3.8, 4) is 17.0 Å². The van der Waals surface area contributed by atoms with Gasteiger partial charge in [0.2, 0.25) is 5.13 Å². The molecular weight excluding hydrogens is 402 g/mol. The molecule has 1 aromatic heterocycles. The number of nitrogens with zero attached hydrogens (tertiary/aromatic N) is 2. The molecule has 0 saturated carbocycles. The molecule has 0 radical (unpaired) electrons. The Hall–Kier alpha value is -3.15. The van der Waals surface area contributed by atoms with E-state index in [-0.39, 0.29) is 0 Å². The number of thiazole rings is 1. The number of hydrogen-bond acceptors (Lipinski definition) is 5. The smallest absolute Gasteiger partial charge is 0.203 e. The summed E-state index contributed by atoms with van der Waals surface area (Å²) in [5.41, 5.74) is 7.00. The third kappa shape index (κ3) is 5.44. The van der Waals surface area contributed by atoms with E-state index in [1.165, 1.54) is 11.3 Å². The van der Waals surface area contributed by atoms with Gasteiger partial charge in [-0.15, -0.1) is 11.3 Å². The molecule has 1 heterocycles. The second-order valence-electron chi connectivity index (χ2n) is 6.26. The fourth-order valence-corrected chi connectivity index (χ4v) is 3.43. The lowest BCUT2D eigenvalue weighted by atomic mass is 10.2. The predicted octanol–water partition coefficient (Wildman–Crippen LogP) is 6.49. The molecule has 6 heteroatoms. The van der Waals surface area contributed by atoms with Crippen LogP contribution in [0.15, 0.2) is 89.3 Å². The van der Waals surface area contributed by atoms with Gasteiger partial charge in [0.1, 0.15) is 12.4 Å². The van der Waals surface area contributed by atoms with Crippen LogP contribution in [0.4, 0.5) is 5.13 Å². The first-order valence-electron chi connectivity index (χ1n) is 9.03. The van der Waals surface area contributed by atoms with Crippen LogP contribution in [0.1, 0.15) is 11.1 Å². The van der Waals surface area contributed by atoms with Gasteiger partial charge in [-0.05, 0) is 47.5 Å². The van der Waals surface area contributed by atoms with E-state index in [2.05, 4.69) is 15.5 Å². The van der Waals surface area contributed by atoms with E-state index in [9.17, 15) is 0 Å². The molecule has 144 valence electrons. The molecular formula is C23H18ClN3OS. The lowest BCUT2D eigenvalue weighted by Gasteiger charge is -2.06. The Morgan fingerprint density at radius 1 is 0.966 bits per heavy atom. The Balaban J connectivity index is 1.31. The lowest BCUT2D eigenvalue weighted by molar-refractivity contribution is 0.306. The second-order valence-corrected chi connectivity index (χ2v) is 7.55. The Labute approximate surface area is 178 Å². The molecule has 0 atom stereocenters. The van der Waals surface area contributed by atoms with E-state index in [0.29, 0.717) is 11.6 Å². The molecule has 3 aromatic carbocycles. The van der Waals surface area contributed by atoms with Crippen molar-refractivity contribution < 1.29 is 4.74 Å². The van der Waals surface area contributed by atoms with E-state index >= 15 is 0 Å². The summed E-state index contributed by atoms with van der Waals surface area (Å²) >= 11 is 7.43. The van der Waals surface area contributed by atoms with Crippen molar-refractivity contribution in [3.05, 3.63) is 100 Å². The normalized spacial score (nSPS) is 10.9. The SMILES string of the molecule is Clc1ccc(-c2csc(N/N=C\c3ccc(OCc4ccccc4)cc3)n2)cc1. The molecule has 0 aliphatic heterocycles. The van der Waals surface area contributed by atoms with Crippen molar-refractivity contribution in [2.75, 3.05) is 5.43 Å². The van der Waals surface area contributed by atoms with Crippen LogP contribution in [0, 0.1) is 0 Å². The summed E-state index contributed by atoms with van der Waals surface area (Å²) in [5, 5.41) is 7.70. The van der Waals surface area contributed by atoms with Gasteiger partial charge in [0.05, 0.1) is 11.9 Å². The topological polar surface area (TPSA) is 46.5 Å². The highest BCUT2D eigenvalue weighted by atomic mass is 35.5. The Bertz CT molecular complexity index is 1080. The summed E-state index contributed by atoms with van der Waals surface area (Å²) in [5.74, 6) is 0.825. The maximum Gasteiger partial charge on any atom is 0.203 e. The molecule has 0 amide bonds. The summed E-state index contributed by atoms with van der Waals surface area (Å²) < 4.78 is 5.80. The molecule has 0 spiro atoms. The average Bonchev–Trinajstić information content (AvgIpc) is 3.23. The van der Waals surface area contributed by atoms with Gasteiger partial charge in [0.25, 0.3) is 0 Å². The number of hydrogen-bond donors (Lipinski definition) is 1. The summed E-state index contributed by atoms with van der Waals surface area (Å²) in [7, 11) is 0. The lowest BCUT2D eigenvalue weighted by Crippen LogP contribution is -1.95. The van der Waals surface area contributed by atoms with E-state index in [4.69, 9.17) is 16.3 Å². The third-order valence-electron chi connectivity index (χ3n) is 4.15. The number of rotatable bonds is 7. The van der Waals surface area contributed by atoms with Crippen LogP contribution in [0.2, 0.25) is 5.02 Å². The zero-order valence-electron chi connectivity index (χ0n) is 15.5. The van der Waals surface area contributed by atoms with Crippen LogP contribution in [-0.2, 0) is 6.61 Å². The van der Waals surface area contributed by atoms with E-state index in [1.807, 2.05) is 84.2 Å². The molecule has 29 heavy (non-hydrogen) atoms. The zero-order chi connectivity index (χ0) is 19.9. The number of ether oxygens (including phenoxy) is 1. The van der Waals surface area contributed by atoms with Gasteiger partial charge in [-0.2, -0.15) is 5.10 Å². The summed E-state index contributed by atoms with van der Waals surface area (Å²) in [6.45, 7) is 0.551. The van der Waals surface area contributed by atoms with Crippen molar-refractivity contribution in [2.24, 2.45) is 5.10 Å². The van der Waals surface area contributed by atoms with Gasteiger partial charge in [0.15, 0.2) is 0 Å². The number of benzene rings is 3. The number of anilines is 1. The minimum Gasteiger partial charge on any atom is -0.489 e. The van der Waals surface area contributed by atoms with E-state index < -0.39 is 0 Å². The van der Waals surface area contributed by atoms with E-state index in [0.717, 1.165) is 33.3 Å². The zero-order valence-corrected chi connectivity index (χ0v) is 17.0. The van der Waals surface area contributed by atoms with Crippen LogP contribution >= 0.6 is 22.9 Å². The maximum atomic E-state index is 5.93. The average molecular weight is 420 g/mol. The number of nitrogens with one attached hydrogen (secondary N) is 1. The quantitative estimate of drug-likeness (QED) is 0.275. The first-order chi connectivity index (χ1) is 14.3. The van der Waals surface area contributed by atoms with Crippen molar-refractivity contribution in [2.45, 2.75) is 6.61 Å². The maximum absolute atomic E-state index is 5.93. The highest BCUT2D eigenvalue weighted by molar-refractivity contribution is 7.14. The minimum atomic E-state index is 0.551. The van der Waals surface area contributed by atoms with Gasteiger partial charge in [-0.25, -0.2) is 4.98 Å². The number of hydrazone groups is 1. The molecule has 4 aromatic rings. The first kappa shape index (κ1) is 19.2. The standard InChI is InChI=1S/C23H18ClN3OS/c24-20-10-8-19(9-11-20)22-16-29-23(26-22)27-25-14-17-6-12-21(13-7-17)28-15-18-4-2-1-3-5-18/h1-14,16H,15H2,(H,26,27)/b25-14-. The number of halogens is 1. The fourth-order valence-electron chi connectivity index (χ4n) is 2.63. The van der Waals surface area contributed by atoms with Crippen molar-refractivity contribution in [1.29, 1.82) is 0 Å². The number of aromatic nitrogens is 1. The summed E-state index contributed by atoms with van der Waals surface area (Å²) in [6.07, 6.45) is 1.75. The monoisotopic (exact) mass is 419 g/mol. The molecule has 0 bridgehead atoms. The van der Waals surface area contributed by atoms with Crippen molar-refractivity contribution in [3.63, 3.8) is 0 Å².